The van der Waals surface area contributed by atoms with Gasteiger partial charge in [0.25, 0.3) is 0 Å². The Hall–Kier alpha value is -1.51. The van der Waals surface area contributed by atoms with Gasteiger partial charge in [-0.2, -0.15) is 0 Å². The predicted octanol–water partition coefficient (Wildman–Crippen LogP) is 4.24. The van der Waals surface area contributed by atoms with Crippen LogP contribution in [-0.4, -0.2) is 13.7 Å². The van der Waals surface area contributed by atoms with E-state index in [1.165, 1.54) is 11.1 Å². The van der Waals surface area contributed by atoms with Gasteiger partial charge in [-0.15, -0.1) is 0 Å². The van der Waals surface area contributed by atoms with E-state index in [4.69, 9.17) is 16.3 Å². The highest BCUT2D eigenvalue weighted by atomic mass is 35.5. The molecule has 20 heavy (non-hydrogen) atoms. The van der Waals surface area contributed by atoms with E-state index >= 15 is 0 Å². The highest BCUT2D eigenvalue weighted by molar-refractivity contribution is 6.30. The fraction of sp³-hybridized carbons (Fsp3) is 0.294. The quantitative estimate of drug-likeness (QED) is 0.859. The second-order valence-corrected chi connectivity index (χ2v) is 5.26. The first kappa shape index (κ1) is 14.9. The molecule has 0 heterocycles. The van der Waals surface area contributed by atoms with Crippen LogP contribution in [0.15, 0.2) is 48.5 Å². The Morgan fingerprint density at radius 2 is 1.70 bits per heavy atom. The standard InChI is InChI=1S/C17H20ClNO/c1-13(15-5-7-16(18)8-6-15)19-12-11-14-3-9-17(20-2)10-4-14/h3-10,13,19H,11-12H2,1-2H3/t13-/m1/s1. The third kappa shape index (κ3) is 4.26. The normalized spacial score (nSPS) is 12.2. The van der Waals surface area contributed by atoms with Crippen LogP contribution < -0.4 is 10.1 Å². The Labute approximate surface area is 125 Å². The second kappa shape index (κ2) is 7.32. The van der Waals surface area contributed by atoms with E-state index in [0.717, 1.165) is 23.7 Å². The molecule has 106 valence electrons. The molecule has 0 bridgehead atoms. The number of ether oxygens (including phenoxy) is 1. The zero-order valence-electron chi connectivity index (χ0n) is 11.9. The molecule has 2 nitrogen and oxygen atoms in total. The Morgan fingerprint density at radius 3 is 2.30 bits per heavy atom. The van der Waals surface area contributed by atoms with E-state index in [0.29, 0.717) is 6.04 Å². The molecule has 0 aliphatic carbocycles. The van der Waals surface area contributed by atoms with Crippen molar-refractivity contribution in [2.45, 2.75) is 19.4 Å². The van der Waals surface area contributed by atoms with Crippen molar-refractivity contribution in [1.82, 2.24) is 5.32 Å². The molecule has 0 aromatic heterocycles. The van der Waals surface area contributed by atoms with Crippen molar-refractivity contribution in [1.29, 1.82) is 0 Å². The van der Waals surface area contributed by atoms with Crippen molar-refractivity contribution in [2.75, 3.05) is 13.7 Å². The summed E-state index contributed by atoms with van der Waals surface area (Å²) in [5, 5.41) is 4.30. The zero-order valence-corrected chi connectivity index (χ0v) is 12.7. The van der Waals surface area contributed by atoms with Gasteiger partial charge >= 0.3 is 0 Å². The van der Waals surface area contributed by atoms with E-state index in [2.05, 4.69) is 36.5 Å². The zero-order chi connectivity index (χ0) is 14.4. The van der Waals surface area contributed by atoms with Gasteiger partial charge in [0.1, 0.15) is 5.75 Å². The lowest BCUT2D eigenvalue weighted by atomic mass is 10.1. The van der Waals surface area contributed by atoms with Gasteiger partial charge < -0.3 is 10.1 Å². The van der Waals surface area contributed by atoms with Crippen molar-refractivity contribution >= 4 is 11.6 Å². The van der Waals surface area contributed by atoms with Gasteiger partial charge in [0.15, 0.2) is 0 Å². The molecular formula is C17H20ClNO. The molecule has 2 aromatic carbocycles. The fourth-order valence-electron chi connectivity index (χ4n) is 2.09. The minimum Gasteiger partial charge on any atom is -0.497 e. The minimum atomic E-state index is 0.325. The van der Waals surface area contributed by atoms with E-state index in [-0.39, 0.29) is 0 Å². The molecule has 0 radical (unpaired) electrons. The Morgan fingerprint density at radius 1 is 1.05 bits per heavy atom. The maximum Gasteiger partial charge on any atom is 0.118 e. The maximum absolute atomic E-state index is 5.89. The fourth-order valence-corrected chi connectivity index (χ4v) is 2.22. The second-order valence-electron chi connectivity index (χ2n) is 4.83. The number of hydrogen-bond donors (Lipinski definition) is 1. The average molecular weight is 290 g/mol. The van der Waals surface area contributed by atoms with E-state index < -0.39 is 0 Å². The molecule has 0 spiro atoms. The van der Waals surface area contributed by atoms with Gasteiger partial charge in [-0.1, -0.05) is 35.9 Å². The van der Waals surface area contributed by atoms with Crippen LogP contribution in [0.2, 0.25) is 5.02 Å². The number of benzene rings is 2. The minimum absolute atomic E-state index is 0.325. The van der Waals surface area contributed by atoms with Crippen LogP contribution in [0.25, 0.3) is 0 Å². The van der Waals surface area contributed by atoms with Crippen molar-refractivity contribution in [3.8, 4) is 5.75 Å². The summed E-state index contributed by atoms with van der Waals surface area (Å²) in [6.45, 7) is 3.10. The van der Waals surface area contributed by atoms with E-state index in [9.17, 15) is 0 Å². The molecule has 1 N–H and O–H groups in total. The summed E-state index contributed by atoms with van der Waals surface area (Å²) in [6, 6.07) is 16.5. The van der Waals surface area contributed by atoms with Gasteiger partial charge in [0.2, 0.25) is 0 Å². The Kier molecular flexibility index (Phi) is 5.45. The van der Waals surface area contributed by atoms with Crippen LogP contribution in [0.1, 0.15) is 24.1 Å². The van der Waals surface area contributed by atoms with Gasteiger partial charge in [0.05, 0.1) is 7.11 Å². The smallest absolute Gasteiger partial charge is 0.118 e. The monoisotopic (exact) mass is 289 g/mol. The van der Waals surface area contributed by atoms with Gasteiger partial charge in [-0.3, -0.25) is 0 Å². The van der Waals surface area contributed by atoms with Crippen molar-refractivity contribution < 1.29 is 4.74 Å². The number of hydrogen-bond acceptors (Lipinski definition) is 2. The van der Waals surface area contributed by atoms with Crippen LogP contribution in [0.3, 0.4) is 0 Å². The van der Waals surface area contributed by atoms with Gasteiger partial charge in [-0.05, 0) is 55.3 Å². The lowest BCUT2D eigenvalue weighted by Crippen LogP contribution is -2.21. The molecule has 0 aliphatic heterocycles. The topological polar surface area (TPSA) is 21.3 Å². The van der Waals surface area contributed by atoms with E-state index in [1.807, 2.05) is 24.3 Å². The summed E-state index contributed by atoms with van der Waals surface area (Å²) in [4.78, 5) is 0. The van der Waals surface area contributed by atoms with Gasteiger partial charge in [0, 0.05) is 11.1 Å². The Balaban J connectivity index is 1.81. The molecular weight excluding hydrogens is 270 g/mol. The lowest BCUT2D eigenvalue weighted by molar-refractivity contribution is 0.414. The van der Waals surface area contributed by atoms with E-state index in [1.54, 1.807) is 7.11 Å². The Bertz CT molecular complexity index is 522. The molecule has 3 heteroatoms. The number of methoxy groups -OCH3 is 1. The molecule has 0 saturated carbocycles. The first-order chi connectivity index (χ1) is 9.69. The van der Waals surface area contributed by atoms with Crippen LogP contribution in [0.5, 0.6) is 5.75 Å². The largest absolute Gasteiger partial charge is 0.497 e. The summed E-state index contributed by atoms with van der Waals surface area (Å²) in [7, 11) is 1.68. The van der Waals surface area contributed by atoms with Crippen LogP contribution >= 0.6 is 11.6 Å². The molecule has 0 fully saturated rings. The first-order valence-corrected chi connectivity index (χ1v) is 7.18. The first-order valence-electron chi connectivity index (χ1n) is 6.81. The highest BCUT2D eigenvalue weighted by Gasteiger charge is 2.04. The summed E-state index contributed by atoms with van der Waals surface area (Å²) >= 11 is 5.89. The molecule has 2 aromatic rings. The molecule has 1 atom stereocenters. The van der Waals surface area contributed by atoms with Crippen molar-refractivity contribution in [3.63, 3.8) is 0 Å². The molecule has 0 unspecified atom stereocenters. The summed E-state index contributed by atoms with van der Waals surface area (Å²) < 4.78 is 5.15. The third-order valence-corrected chi connectivity index (χ3v) is 3.65. The van der Waals surface area contributed by atoms with Gasteiger partial charge in [-0.25, -0.2) is 0 Å². The summed E-state index contributed by atoms with van der Waals surface area (Å²) in [5.41, 5.74) is 2.56. The predicted molar refractivity (Wildman–Crippen MR) is 84.6 cm³/mol. The molecule has 2 rings (SSSR count). The molecule has 0 aliphatic rings. The summed E-state index contributed by atoms with van der Waals surface area (Å²) in [6.07, 6.45) is 1.00. The van der Waals surface area contributed by atoms with Crippen LogP contribution in [-0.2, 0) is 6.42 Å². The number of nitrogens with one attached hydrogen (secondary N) is 1. The highest BCUT2D eigenvalue weighted by Crippen LogP contribution is 2.16. The van der Waals surface area contributed by atoms with Crippen LogP contribution in [0, 0.1) is 0 Å². The van der Waals surface area contributed by atoms with Crippen LogP contribution in [0.4, 0.5) is 0 Å². The maximum atomic E-state index is 5.89. The van der Waals surface area contributed by atoms with Crippen molar-refractivity contribution in [2.24, 2.45) is 0 Å². The number of rotatable bonds is 6. The average Bonchev–Trinajstić information content (AvgIpc) is 2.48. The SMILES string of the molecule is COc1ccc(CCN[C@H](C)c2ccc(Cl)cc2)cc1. The third-order valence-electron chi connectivity index (χ3n) is 3.39. The summed E-state index contributed by atoms with van der Waals surface area (Å²) in [5.74, 6) is 0.899. The lowest BCUT2D eigenvalue weighted by Gasteiger charge is -2.14. The van der Waals surface area contributed by atoms with Crippen molar-refractivity contribution in [3.05, 3.63) is 64.7 Å². The molecule has 0 amide bonds. The number of halogens is 1. The molecule has 0 saturated heterocycles.